The first kappa shape index (κ1) is 49.1. The van der Waals surface area contributed by atoms with E-state index in [0.717, 1.165) is 22.3 Å². The van der Waals surface area contributed by atoms with Gasteiger partial charge >= 0.3 is 23.9 Å². The van der Waals surface area contributed by atoms with Gasteiger partial charge in [-0.2, -0.15) is 0 Å². The standard InChI is InChI=1S/C45H63N3O12/c1-26(2)34-24-36(55-13)35(38-40(58-29(5)51)41(59-30(6)52)39(57-28(4)50)37(60-38)25-56-27(3)49)23-33(34)22-32-16-14-31(15-17-32)18-19-44(7,8)42(53)47-45(9,10)43(54)46-20-21-48(11)12/h14-19,23-24,26,37-41H,20-22,25H2,1-13H3,(H,46,54)(H,47,53)/b19-18+/t37-,38+,39-,40+,41+/m1/s1. The van der Waals surface area contributed by atoms with Gasteiger partial charge in [-0.3, -0.25) is 28.8 Å². The number of hydrogen-bond acceptors (Lipinski definition) is 13. The summed E-state index contributed by atoms with van der Waals surface area (Å²) >= 11 is 0. The predicted molar refractivity (Wildman–Crippen MR) is 224 cm³/mol. The number of hydrogen-bond donors (Lipinski definition) is 2. The molecule has 15 heteroatoms. The van der Waals surface area contributed by atoms with Gasteiger partial charge in [0.1, 0.15) is 30.1 Å². The molecule has 2 amide bonds. The van der Waals surface area contributed by atoms with E-state index in [9.17, 15) is 28.8 Å². The topological polar surface area (TPSA) is 185 Å². The fraction of sp³-hybridized carbons (Fsp3) is 0.556. The molecular weight excluding hydrogens is 775 g/mol. The molecule has 0 radical (unpaired) electrons. The van der Waals surface area contributed by atoms with Crippen molar-refractivity contribution >= 4 is 41.8 Å². The molecule has 15 nitrogen and oxygen atoms in total. The minimum atomic E-state index is -1.34. The van der Waals surface area contributed by atoms with Gasteiger partial charge in [-0.05, 0) is 88.5 Å². The fourth-order valence-corrected chi connectivity index (χ4v) is 6.69. The first-order chi connectivity index (χ1) is 27.9. The van der Waals surface area contributed by atoms with E-state index in [1.165, 1.54) is 34.8 Å². The van der Waals surface area contributed by atoms with Crippen LogP contribution in [0.4, 0.5) is 0 Å². The molecule has 1 aliphatic rings. The van der Waals surface area contributed by atoms with Gasteiger partial charge < -0.3 is 44.0 Å². The predicted octanol–water partition coefficient (Wildman–Crippen LogP) is 4.82. The van der Waals surface area contributed by atoms with Crippen LogP contribution in [0.1, 0.15) is 109 Å². The number of amides is 2. The molecule has 0 bridgehead atoms. The van der Waals surface area contributed by atoms with Crippen LogP contribution in [-0.4, -0.2) is 111 Å². The summed E-state index contributed by atoms with van der Waals surface area (Å²) in [5.74, 6) is -2.87. The first-order valence-corrected chi connectivity index (χ1v) is 20.0. The van der Waals surface area contributed by atoms with Gasteiger partial charge in [-0.15, -0.1) is 0 Å². The number of esters is 4. The first-order valence-electron chi connectivity index (χ1n) is 20.0. The van der Waals surface area contributed by atoms with Crippen molar-refractivity contribution in [1.82, 2.24) is 15.5 Å². The van der Waals surface area contributed by atoms with E-state index in [-0.39, 0.29) is 24.3 Å². The lowest BCUT2D eigenvalue weighted by atomic mass is 9.85. The van der Waals surface area contributed by atoms with Gasteiger partial charge in [0.05, 0.1) is 12.5 Å². The maximum Gasteiger partial charge on any atom is 0.303 e. The molecule has 1 fully saturated rings. The van der Waals surface area contributed by atoms with E-state index in [2.05, 4.69) is 24.5 Å². The summed E-state index contributed by atoms with van der Waals surface area (Å²) in [6, 6.07) is 11.6. The molecule has 5 atom stereocenters. The molecule has 0 saturated carbocycles. The van der Waals surface area contributed by atoms with Crippen molar-refractivity contribution in [3.8, 4) is 5.75 Å². The van der Waals surface area contributed by atoms with Crippen molar-refractivity contribution in [1.29, 1.82) is 0 Å². The zero-order valence-electron chi connectivity index (χ0n) is 37.3. The molecule has 330 valence electrons. The van der Waals surface area contributed by atoms with E-state index in [1.54, 1.807) is 33.8 Å². The summed E-state index contributed by atoms with van der Waals surface area (Å²) in [5.41, 5.74) is 2.13. The third-order valence-corrected chi connectivity index (χ3v) is 9.90. The van der Waals surface area contributed by atoms with Gasteiger partial charge in [0.25, 0.3) is 0 Å². The molecule has 1 saturated heterocycles. The molecule has 1 heterocycles. The number of nitrogens with zero attached hydrogens (tertiary/aromatic N) is 1. The Morgan fingerprint density at radius 3 is 1.93 bits per heavy atom. The Morgan fingerprint density at radius 2 is 1.40 bits per heavy atom. The van der Waals surface area contributed by atoms with Crippen molar-refractivity contribution in [2.75, 3.05) is 40.9 Å². The maximum atomic E-state index is 13.3. The minimum Gasteiger partial charge on any atom is -0.496 e. The smallest absolute Gasteiger partial charge is 0.303 e. The van der Waals surface area contributed by atoms with Gasteiger partial charge in [-0.1, -0.05) is 50.3 Å². The number of benzene rings is 2. The Morgan fingerprint density at radius 1 is 0.817 bits per heavy atom. The van der Waals surface area contributed by atoms with Crippen LogP contribution in [0.25, 0.3) is 6.08 Å². The van der Waals surface area contributed by atoms with Gasteiger partial charge in [0.2, 0.25) is 11.8 Å². The third kappa shape index (κ3) is 13.9. The number of rotatable bonds is 18. The van der Waals surface area contributed by atoms with E-state index in [4.69, 9.17) is 28.4 Å². The summed E-state index contributed by atoms with van der Waals surface area (Å²) in [6.45, 7) is 16.6. The van der Waals surface area contributed by atoms with Crippen molar-refractivity contribution in [3.05, 3.63) is 70.3 Å². The van der Waals surface area contributed by atoms with E-state index in [1.807, 2.05) is 61.5 Å². The van der Waals surface area contributed by atoms with Crippen molar-refractivity contribution in [2.24, 2.45) is 5.41 Å². The second-order valence-corrected chi connectivity index (χ2v) is 16.7. The van der Waals surface area contributed by atoms with Crippen LogP contribution in [0.2, 0.25) is 0 Å². The largest absolute Gasteiger partial charge is 0.496 e. The third-order valence-electron chi connectivity index (χ3n) is 9.90. The summed E-state index contributed by atoms with van der Waals surface area (Å²) in [7, 11) is 5.33. The van der Waals surface area contributed by atoms with Gasteiger partial charge in [-0.25, -0.2) is 0 Å². The van der Waals surface area contributed by atoms with Gasteiger partial charge in [0.15, 0.2) is 18.3 Å². The molecule has 1 aliphatic heterocycles. The fourth-order valence-electron chi connectivity index (χ4n) is 6.69. The highest BCUT2D eigenvalue weighted by molar-refractivity contribution is 5.93. The maximum absolute atomic E-state index is 13.3. The zero-order chi connectivity index (χ0) is 45.1. The number of nitrogens with one attached hydrogen (secondary N) is 2. The second kappa shape index (κ2) is 21.3. The highest BCUT2D eigenvalue weighted by atomic mass is 16.7. The molecule has 0 aromatic heterocycles. The summed E-state index contributed by atoms with van der Waals surface area (Å²) in [5, 5.41) is 5.75. The summed E-state index contributed by atoms with van der Waals surface area (Å²) in [4.78, 5) is 77.3. The van der Waals surface area contributed by atoms with Crippen LogP contribution in [0.15, 0.2) is 42.5 Å². The number of carbonyl (C=O) groups is 6. The molecule has 60 heavy (non-hydrogen) atoms. The number of likely N-dealkylation sites (N-methyl/N-ethyl adjacent to an activating group) is 1. The lowest BCUT2D eigenvalue weighted by molar-refractivity contribution is -0.254. The van der Waals surface area contributed by atoms with Crippen LogP contribution in [0.5, 0.6) is 5.75 Å². The van der Waals surface area contributed by atoms with Crippen LogP contribution in [0.3, 0.4) is 0 Å². The van der Waals surface area contributed by atoms with Crippen molar-refractivity contribution in [3.63, 3.8) is 0 Å². The lowest BCUT2D eigenvalue weighted by Gasteiger charge is -2.45. The molecule has 0 spiro atoms. The summed E-state index contributed by atoms with van der Waals surface area (Å²) < 4.78 is 34.7. The monoisotopic (exact) mass is 837 g/mol. The molecule has 2 aromatic rings. The molecule has 0 unspecified atom stereocenters. The minimum absolute atomic E-state index is 0.0584. The van der Waals surface area contributed by atoms with E-state index in [0.29, 0.717) is 30.8 Å². The molecule has 2 aromatic carbocycles. The molecular formula is C45H63N3O12. The Balaban J connectivity index is 1.98. The number of methoxy groups -OCH3 is 1. The normalized spacial score (nSPS) is 19.4. The highest BCUT2D eigenvalue weighted by Crippen LogP contribution is 2.43. The Labute approximate surface area is 353 Å². The quantitative estimate of drug-likeness (QED) is 0.154. The lowest BCUT2D eigenvalue weighted by Crippen LogP contribution is -2.59. The van der Waals surface area contributed by atoms with Crippen LogP contribution < -0.4 is 15.4 Å². The van der Waals surface area contributed by atoms with Crippen LogP contribution in [0, 0.1) is 5.41 Å². The average molecular weight is 838 g/mol. The SMILES string of the molecule is COc1cc(C(C)C)c(Cc2ccc(/C=C/C(C)(C)C(=O)NC(C)(C)C(=O)NCCN(C)C)cc2)cc1[C@@H]1O[C@H](COC(C)=O)[C@@H](OC(C)=O)[C@H](OC(C)=O)[C@H]1OC(C)=O. The van der Waals surface area contributed by atoms with Crippen molar-refractivity contribution in [2.45, 2.75) is 118 Å². The van der Waals surface area contributed by atoms with E-state index >= 15 is 0 Å². The van der Waals surface area contributed by atoms with Gasteiger partial charge in [0, 0.05) is 46.3 Å². The number of carbonyl (C=O) groups excluding carboxylic acids is 6. The summed E-state index contributed by atoms with van der Waals surface area (Å²) in [6.07, 6.45) is -2.05. The van der Waals surface area contributed by atoms with Crippen LogP contribution in [-0.2, 0) is 58.9 Å². The number of ether oxygens (including phenoxy) is 6. The second-order valence-electron chi connectivity index (χ2n) is 16.7. The average Bonchev–Trinajstić information content (AvgIpc) is 3.14. The van der Waals surface area contributed by atoms with E-state index < -0.39 is 65.4 Å². The zero-order valence-corrected chi connectivity index (χ0v) is 37.3. The van der Waals surface area contributed by atoms with Crippen molar-refractivity contribution < 1.29 is 57.2 Å². The highest BCUT2D eigenvalue weighted by Gasteiger charge is 2.53. The van der Waals surface area contributed by atoms with Crippen LogP contribution >= 0.6 is 0 Å². The Bertz CT molecular complexity index is 1890. The molecule has 3 rings (SSSR count). The Kier molecular flexibility index (Phi) is 17.4. The molecule has 2 N–H and O–H groups in total. The molecule has 0 aliphatic carbocycles. The Hall–Kier alpha value is -5.28.